The van der Waals surface area contributed by atoms with E-state index in [4.69, 9.17) is 4.74 Å². The summed E-state index contributed by atoms with van der Waals surface area (Å²) >= 11 is 0. The molecule has 1 aliphatic rings. The third-order valence-electron chi connectivity index (χ3n) is 2.62. The predicted octanol–water partition coefficient (Wildman–Crippen LogP) is 0.630. The van der Waals surface area contributed by atoms with Gasteiger partial charge in [0.05, 0.1) is 18.4 Å². The Bertz CT molecular complexity index is 566. The van der Waals surface area contributed by atoms with E-state index < -0.39 is 15.9 Å². The van der Waals surface area contributed by atoms with Crippen LogP contribution in [-0.4, -0.2) is 32.7 Å². The Balaban J connectivity index is 1.70. The molecular weight excluding hydrogens is 266 g/mol. The number of nitrogens with one attached hydrogen (secondary N) is 1. The highest BCUT2D eigenvalue weighted by Gasteiger charge is 2.22. The molecule has 1 aromatic rings. The molecule has 0 saturated heterocycles. The number of carbonyl (C=O) groups excluding carboxylic acids is 1. The lowest BCUT2D eigenvalue weighted by Crippen LogP contribution is -2.37. The first-order chi connectivity index (χ1) is 9.05. The first-order valence-corrected chi connectivity index (χ1v) is 7.59. The van der Waals surface area contributed by atoms with Crippen molar-refractivity contribution in [1.29, 1.82) is 0 Å². The summed E-state index contributed by atoms with van der Waals surface area (Å²) in [6.45, 7) is 0.270. The number of rotatable bonds is 5. The maximum Gasteiger partial charge on any atom is 0.246 e. The molecule has 1 heterocycles. The molecule has 0 radical (unpaired) electrons. The second-order valence-electron chi connectivity index (χ2n) is 4.31. The van der Waals surface area contributed by atoms with Crippen molar-refractivity contribution in [1.82, 2.24) is 5.32 Å². The maximum atomic E-state index is 11.5. The minimum atomic E-state index is -3.14. The SMILES string of the molecule is O=C(COCc1ccccc1)N[C@@H]1C=CS(=O)(=O)C1. The van der Waals surface area contributed by atoms with Crippen molar-refractivity contribution in [3.8, 4) is 0 Å². The van der Waals surface area contributed by atoms with Crippen LogP contribution in [0.25, 0.3) is 0 Å². The van der Waals surface area contributed by atoms with Gasteiger partial charge in [0.15, 0.2) is 9.84 Å². The molecule has 19 heavy (non-hydrogen) atoms. The molecule has 1 N–H and O–H groups in total. The molecule has 0 unspecified atom stereocenters. The van der Waals surface area contributed by atoms with Crippen molar-refractivity contribution < 1.29 is 17.9 Å². The van der Waals surface area contributed by atoms with Gasteiger partial charge in [-0.1, -0.05) is 30.3 Å². The van der Waals surface area contributed by atoms with E-state index >= 15 is 0 Å². The zero-order chi connectivity index (χ0) is 13.7. The fourth-order valence-corrected chi connectivity index (χ4v) is 2.99. The predicted molar refractivity (Wildman–Crippen MR) is 71.0 cm³/mol. The van der Waals surface area contributed by atoms with Gasteiger partial charge in [-0.05, 0) is 11.6 Å². The van der Waals surface area contributed by atoms with E-state index in [0.29, 0.717) is 6.61 Å². The summed E-state index contributed by atoms with van der Waals surface area (Å²) in [6.07, 6.45) is 1.48. The standard InChI is InChI=1S/C13H15NO4S/c15-13(14-12-6-7-19(16,17)10-12)9-18-8-11-4-2-1-3-5-11/h1-7,12H,8-10H2,(H,14,15)/t12-/m1/s1. The van der Waals surface area contributed by atoms with E-state index in [1.165, 1.54) is 6.08 Å². The second-order valence-corrected chi connectivity index (χ2v) is 6.24. The van der Waals surface area contributed by atoms with Crippen LogP contribution in [-0.2, 0) is 26.0 Å². The van der Waals surface area contributed by atoms with E-state index in [2.05, 4.69) is 5.32 Å². The summed E-state index contributed by atoms with van der Waals surface area (Å²) in [5.74, 6) is -0.389. The second kappa shape index (κ2) is 5.99. The highest BCUT2D eigenvalue weighted by Crippen LogP contribution is 2.07. The van der Waals surface area contributed by atoms with Gasteiger partial charge in [0.2, 0.25) is 5.91 Å². The highest BCUT2D eigenvalue weighted by atomic mass is 32.2. The number of carbonyl (C=O) groups is 1. The summed E-state index contributed by atoms with van der Waals surface area (Å²) in [7, 11) is -3.14. The van der Waals surface area contributed by atoms with Crippen LogP contribution in [0.1, 0.15) is 5.56 Å². The third-order valence-corrected chi connectivity index (χ3v) is 4.02. The van der Waals surface area contributed by atoms with Crippen LogP contribution in [0.4, 0.5) is 0 Å². The summed E-state index contributed by atoms with van der Waals surface area (Å²) in [5, 5.41) is 3.72. The number of hydrogen-bond donors (Lipinski definition) is 1. The van der Waals surface area contributed by atoms with Gasteiger partial charge in [-0.25, -0.2) is 8.42 Å². The average molecular weight is 281 g/mol. The lowest BCUT2D eigenvalue weighted by atomic mass is 10.2. The molecule has 0 aromatic heterocycles. The molecule has 1 aliphatic heterocycles. The van der Waals surface area contributed by atoms with Gasteiger partial charge in [0.1, 0.15) is 6.61 Å². The van der Waals surface area contributed by atoms with Crippen LogP contribution < -0.4 is 5.32 Å². The molecular formula is C13H15NO4S. The van der Waals surface area contributed by atoms with Crippen molar-refractivity contribution in [2.75, 3.05) is 12.4 Å². The van der Waals surface area contributed by atoms with Crippen molar-refractivity contribution in [2.45, 2.75) is 12.6 Å². The van der Waals surface area contributed by atoms with Gasteiger partial charge in [-0.2, -0.15) is 0 Å². The monoisotopic (exact) mass is 281 g/mol. The molecule has 0 fully saturated rings. The fourth-order valence-electron chi connectivity index (χ4n) is 1.75. The van der Waals surface area contributed by atoms with Crippen molar-refractivity contribution >= 4 is 15.7 Å². The number of hydrogen-bond acceptors (Lipinski definition) is 4. The van der Waals surface area contributed by atoms with Crippen molar-refractivity contribution in [2.24, 2.45) is 0 Å². The third kappa shape index (κ3) is 4.50. The minimum Gasteiger partial charge on any atom is -0.367 e. The molecule has 1 aromatic carbocycles. The first-order valence-electron chi connectivity index (χ1n) is 5.87. The maximum absolute atomic E-state index is 11.5. The lowest BCUT2D eigenvalue weighted by molar-refractivity contribution is -0.126. The molecule has 5 nitrogen and oxygen atoms in total. The summed E-state index contributed by atoms with van der Waals surface area (Å²) in [5.41, 5.74) is 0.985. The lowest BCUT2D eigenvalue weighted by Gasteiger charge is -2.10. The minimum absolute atomic E-state index is 0.0720. The first kappa shape index (κ1) is 13.8. The molecule has 0 spiro atoms. The quantitative estimate of drug-likeness (QED) is 0.859. The zero-order valence-electron chi connectivity index (χ0n) is 10.3. The highest BCUT2D eigenvalue weighted by molar-refractivity contribution is 7.94. The molecule has 0 aliphatic carbocycles. The largest absolute Gasteiger partial charge is 0.367 e. The molecule has 1 amide bonds. The van der Waals surface area contributed by atoms with Gasteiger partial charge in [0.25, 0.3) is 0 Å². The summed E-state index contributed by atoms with van der Waals surface area (Å²) in [4.78, 5) is 11.5. The van der Waals surface area contributed by atoms with E-state index in [1.807, 2.05) is 30.3 Å². The zero-order valence-corrected chi connectivity index (χ0v) is 11.1. The average Bonchev–Trinajstić information content (AvgIpc) is 2.70. The smallest absolute Gasteiger partial charge is 0.246 e. The van der Waals surface area contributed by atoms with Gasteiger partial charge in [-0.3, -0.25) is 4.79 Å². The van der Waals surface area contributed by atoms with Crippen LogP contribution in [0, 0.1) is 0 Å². The van der Waals surface area contributed by atoms with Crippen LogP contribution in [0.3, 0.4) is 0 Å². The molecule has 0 bridgehead atoms. The van der Waals surface area contributed by atoms with E-state index in [9.17, 15) is 13.2 Å². The molecule has 1 atom stereocenters. The number of benzene rings is 1. The Hall–Kier alpha value is -1.66. The van der Waals surface area contributed by atoms with Crippen LogP contribution in [0.2, 0.25) is 0 Å². The molecule has 0 saturated carbocycles. The van der Waals surface area contributed by atoms with Crippen molar-refractivity contribution in [3.63, 3.8) is 0 Å². The van der Waals surface area contributed by atoms with Crippen LogP contribution in [0.5, 0.6) is 0 Å². The van der Waals surface area contributed by atoms with Gasteiger partial charge in [-0.15, -0.1) is 0 Å². The van der Waals surface area contributed by atoms with E-state index in [-0.39, 0.29) is 18.3 Å². The summed E-state index contributed by atoms with van der Waals surface area (Å²) < 4.78 is 27.6. The molecule has 102 valence electrons. The molecule has 6 heteroatoms. The van der Waals surface area contributed by atoms with Crippen LogP contribution in [0.15, 0.2) is 41.8 Å². The van der Waals surface area contributed by atoms with Gasteiger partial charge >= 0.3 is 0 Å². The Morgan fingerprint density at radius 1 is 1.32 bits per heavy atom. The van der Waals surface area contributed by atoms with Gasteiger partial charge < -0.3 is 10.1 Å². The van der Waals surface area contributed by atoms with E-state index in [0.717, 1.165) is 11.0 Å². The molecule has 2 rings (SSSR count). The van der Waals surface area contributed by atoms with Crippen LogP contribution >= 0.6 is 0 Å². The van der Waals surface area contributed by atoms with Crippen molar-refractivity contribution in [3.05, 3.63) is 47.4 Å². The summed E-state index contributed by atoms with van der Waals surface area (Å²) in [6, 6.07) is 9.06. The topological polar surface area (TPSA) is 72.5 Å². The Kier molecular flexibility index (Phi) is 4.34. The Labute approximate surface area is 112 Å². The Morgan fingerprint density at radius 2 is 2.05 bits per heavy atom. The number of sulfone groups is 1. The number of ether oxygens (including phenoxy) is 1. The fraction of sp³-hybridized carbons (Fsp3) is 0.308. The Morgan fingerprint density at radius 3 is 2.68 bits per heavy atom. The van der Waals surface area contributed by atoms with Gasteiger partial charge in [0, 0.05) is 5.41 Å². The van der Waals surface area contributed by atoms with E-state index in [1.54, 1.807) is 0 Å². The normalized spacial score (nSPS) is 20.3. The number of amides is 1.